The number of ether oxygens (including phenoxy) is 1. The van der Waals surface area contributed by atoms with E-state index >= 15 is 0 Å². The number of nitrogens with zero attached hydrogens (tertiary/aromatic N) is 3. The molecule has 1 saturated heterocycles. The molecule has 0 radical (unpaired) electrons. The Morgan fingerprint density at radius 3 is 2.54 bits per heavy atom. The van der Waals surface area contributed by atoms with Crippen LogP contribution in [0.2, 0.25) is 0 Å². The number of benzene rings is 1. The van der Waals surface area contributed by atoms with Gasteiger partial charge in [0, 0.05) is 36.2 Å². The highest BCUT2D eigenvalue weighted by molar-refractivity contribution is 7.80. The summed E-state index contributed by atoms with van der Waals surface area (Å²) >= 11 is 5.73. The van der Waals surface area contributed by atoms with Crippen LogP contribution in [0, 0.1) is 13.8 Å². The van der Waals surface area contributed by atoms with Gasteiger partial charge in [-0.1, -0.05) is 6.07 Å². The minimum absolute atomic E-state index is 0.131. The molecule has 0 spiro atoms. The summed E-state index contributed by atoms with van der Waals surface area (Å²) < 4.78 is 6.91. The molecule has 1 aliphatic heterocycles. The van der Waals surface area contributed by atoms with Gasteiger partial charge in [0.2, 0.25) is 0 Å². The summed E-state index contributed by atoms with van der Waals surface area (Å²) in [6, 6.07) is 14.5. The average molecular weight is 493 g/mol. The normalized spacial score (nSPS) is 17.3. The molecule has 9 heteroatoms. The molecule has 0 amide bonds. The van der Waals surface area contributed by atoms with Crippen molar-refractivity contribution in [3.05, 3.63) is 82.9 Å². The van der Waals surface area contributed by atoms with E-state index in [1.807, 2.05) is 37.3 Å². The summed E-state index contributed by atoms with van der Waals surface area (Å²) in [5, 5.41) is 13.3. The SMILES string of the molecule is COC(=O)CCCN1C(=S)NC(c2ccccn2)C1c1cc(C)n(-c2ccc(C(=O)O)cc2)c1C. The number of rotatable bonds is 8. The number of aromatic carboxylic acids is 1. The van der Waals surface area contributed by atoms with Gasteiger partial charge in [0.1, 0.15) is 0 Å². The lowest BCUT2D eigenvalue weighted by Crippen LogP contribution is -2.31. The smallest absolute Gasteiger partial charge is 0.335 e. The molecule has 3 aromatic rings. The molecule has 2 unspecified atom stereocenters. The van der Waals surface area contributed by atoms with Crippen molar-refractivity contribution in [2.75, 3.05) is 13.7 Å². The highest BCUT2D eigenvalue weighted by Crippen LogP contribution is 2.41. The molecule has 8 nitrogen and oxygen atoms in total. The van der Waals surface area contributed by atoms with Crippen molar-refractivity contribution in [2.45, 2.75) is 38.8 Å². The topological polar surface area (TPSA) is 96.7 Å². The van der Waals surface area contributed by atoms with E-state index in [0.717, 1.165) is 28.3 Å². The van der Waals surface area contributed by atoms with Crippen molar-refractivity contribution in [1.82, 2.24) is 19.8 Å². The van der Waals surface area contributed by atoms with Crippen LogP contribution < -0.4 is 5.32 Å². The molecule has 1 fully saturated rings. The van der Waals surface area contributed by atoms with Gasteiger partial charge in [0.15, 0.2) is 5.11 Å². The van der Waals surface area contributed by atoms with E-state index in [0.29, 0.717) is 24.5 Å². The Labute approximate surface area is 209 Å². The van der Waals surface area contributed by atoms with Gasteiger partial charge < -0.3 is 24.6 Å². The van der Waals surface area contributed by atoms with E-state index in [2.05, 4.69) is 32.8 Å². The Balaban J connectivity index is 1.73. The number of aromatic nitrogens is 2. The van der Waals surface area contributed by atoms with E-state index in [9.17, 15) is 14.7 Å². The Kier molecular flexibility index (Phi) is 7.16. The molecule has 1 aromatic carbocycles. The Bertz CT molecular complexity index is 1240. The molecule has 2 atom stereocenters. The summed E-state index contributed by atoms with van der Waals surface area (Å²) in [5.41, 5.74) is 5.15. The molecule has 0 aliphatic carbocycles. The zero-order chi connectivity index (χ0) is 25.1. The molecular formula is C26H28N4O4S. The summed E-state index contributed by atoms with van der Waals surface area (Å²) in [6.45, 7) is 4.67. The van der Waals surface area contributed by atoms with E-state index < -0.39 is 5.97 Å². The second-order valence-electron chi connectivity index (χ2n) is 8.51. The number of pyridine rings is 1. The molecule has 35 heavy (non-hydrogen) atoms. The molecule has 4 rings (SSSR count). The maximum Gasteiger partial charge on any atom is 0.335 e. The van der Waals surface area contributed by atoms with Crippen molar-refractivity contribution >= 4 is 29.3 Å². The fraction of sp³-hybridized carbons (Fsp3) is 0.308. The van der Waals surface area contributed by atoms with E-state index in [4.69, 9.17) is 17.0 Å². The Hall–Kier alpha value is -3.72. The number of aryl methyl sites for hydroxylation is 1. The molecule has 0 bridgehead atoms. The van der Waals surface area contributed by atoms with Crippen LogP contribution in [0.1, 0.15) is 57.9 Å². The van der Waals surface area contributed by atoms with Crippen molar-refractivity contribution in [2.24, 2.45) is 0 Å². The van der Waals surface area contributed by atoms with E-state index in [-0.39, 0.29) is 23.6 Å². The van der Waals surface area contributed by atoms with Crippen LogP contribution in [0.15, 0.2) is 54.7 Å². The zero-order valence-corrected chi connectivity index (χ0v) is 20.7. The molecule has 1 aliphatic rings. The van der Waals surface area contributed by atoms with Crippen LogP contribution in [0.4, 0.5) is 0 Å². The third-order valence-corrected chi connectivity index (χ3v) is 6.72. The molecule has 2 N–H and O–H groups in total. The number of nitrogens with one attached hydrogen (secondary N) is 1. The quantitative estimate of drug-likeness (QED) is 0.358. The van der Waals surface area contributed by atoms with Gasteiger partial charge in [-0.25, -0.2) is 4.79 Å². The van der Waals surface area contributed by atoms with Crippen LogP contribution in [0.25, 0.3) is 5.69 Å². The minimum Gasteiger partial charge on any atom is -0.478 e. The average Bonchev–Trinajstić information content (AvgIpc) is 3.34. The van der Waals surface area contributed by atoms with Crippen LogP contribution in [-0.4, -0.2) is 50.3 Å². The van der Waals surface area contributed by atoms with E-state index in [1.165, 1.54) is 7.11 Å². The Morgan fingerprint density at radius 1 is 1.17 bits per heavy atom. The van der Waals surface area contributed by atoms with Crippen LogP contribution in [-0.2, 0) is 9.53 Å². The number of carbonyl (C=O) groups is 2. The first kappa shape index (κ1) is 24.4. The second-order valence-corrected chi connectivity index (χ2v) is 8.90. The number of esters is 1. The van der Waals surface area contributed by atoms with Crippen LogP contribution >= 0.6 is 12.2 Å². The zero-order valence-electron chi connectivity index (χ0n) is 19.9. The fourth-order valence-corrected chi connectivity index (χ4v) is 5.05. The van der Waals surface area contributed by atoms with Gasteiger partial charge in [0.25, 0.3) is 0 Å². The number of thiocarbonyl (C=S) groups is 1. The summed E-state index contributed by atoms with van der Waals surface area (Å²) in [6.07, 6.45) is 2.69. The first-order valence-corrected chi connectivity index (χ1v) is 11.8. The van der Waals surface area contributed by atoms with Crippen molar-refractivity contribution < 1.29 is 19.4 Å². The number of hydrogen-bond acceptors (Lipinski definition) is 5. The number of hydrogen-bond donors (Lipinski definition) is 2. The van der Waals surface area contributed by atoms with Gasteiger partial charge in [-0.3, -0.25) is 9.78 Å². The van der Waals surface area contributed by atoms with Crippen LogP contribution in [0.5, 0.6) is 0 Å². The maximum absolute atomic E-state index is 11.7. The predicted octanol–water partition coefficient (Wildman–Crippen LogP) is 4.11. The lowest BCUT2D eigenvalue weighted by Gasteiger charge is -2.28. The monoisotopic (exact) mass is 492 g/mol. The maximum atomic E-state index is 11.7. The van der Waals surface area contributed by atoms with Gasteiger partial charge in [-0.15, -0.1) is 0 Å². The molecular weight excluding hydrogens is 464 g/mol. The second kappa shape index (κ2) is 10.3. The first-order valence-electron chi connectivity index (χ1n) is 11.4. The fourth-order valence-electron chi connectivity index (χ4n) is 4.72. The largest absolute Gasteiger partial charge is 0.478 e. The molecule has 182 valence electrons. The van der Waals surface area contributed by atoms with Gasteiger partial charge >= 0.3 is 11.9 Å². The van der Waals surface area contributed by atoms with Crippen molar-refractivity contribution in [3.63, 3.8) is 0 Å². The standard InChI is InChI=1S/C26H28N4O4S/c1-16-15-20(17(2)30(16)19-11-9-18(10-12-19)25(32)33)24-23(21-7-4-5-13-27-21)28-26(35)29(24)14-6-8-22(31)34-3/h4-5,7,9-13,15,23-24H,6,8,14H2,1-3H3,(H,28,35)(H,32,33). The summed E-state index contributed by atoms with van der Waals surface area (Å²) in [4.78, 5) is 29.7. The summed E-state index contributed by atoms with van der Waals surface area (Å²) in [5.74, 6) is -1.20. The lowest BCUT2D eigenvalue weighted by molar-refractivity contribution is -0.140. The molecule has 3 heterocycles. The lowest BCUT2D eigenvalue weighted by atomic mass is 9.96. The summed E-state index contributed by atoms with van der Waals surface area (Å²) in [7, 11) is 1.39. The number of methoxy groups -OCH3 is 1. The molecule has 2 aromatic heterocycles. The van der Waals surface area contributed by atoms with Gasteiger partial charge in [-0.05, 0) is 80.5 Å². The van der Waals surface area contributed by atoms with Gasteiger partial charge in [0.05, 0.1) is 30.5 Å². The third-order valence-electron chi connectivity index (χ3n) is 6.37. The number of carboxylic acids is 1. The highest BCUT2D eigenvalue weighted by atomic mass is 32.1. The van der Waals surface area contributed by atoms with Crippen molar-refractivity contribution in [1.29, 1.82) is 0 Å². The third kappa shape index (κ3) is 4.90. The Morgan fingerprint density at radius 2 is 1.91 bits per heavy atom. The van der Waals surface area contributed by atoms with Crippen LogP contribution in [0.3, 0.4) is 0 Å². The van der Waals surface area contributed by atoms with Gasteiger partial charge in [-0.2, -0.15) is 0 Å². The highest BCUT2D eigenvalue weighted by Gasteiger charge is 2.41. The minimum atomic E-state index is -0.954. The number of carboxylic acid groups (broad SMARTS) is 1. The first-order chi connectivity index (χ1) is 16.8. The predicted molar refractivity (Wildman–Crippen MR) is 136 cm³/mol. The number of carbonyl (C=O) groups excluding carboxylic acids is 1. The molecule has 0 saturated carbocycles. The van der Waals surface area contributed by atoms with E-state index in [1.54, 1.807) is 18.3 Å². The van der Waals surface area contributed by atoms with Crippen molar-refractivity contribution in [3.8, 4) is 5.69 Å².